The van der Waals surface area contributed by atoms with Gasteiger partial charge in [0.25, 0.3) is 0 Å². The SMILES string of the molecule is CCCCC1CCCN(C[C@H]2CCCC[C@H]2CC(C)(C)OC(N)=O)C1. The van der Waals surface area contributed by atoms with E-state index in [0.717, 1.165) is 18.3 Å². The van der Waals surface area contributed by atoms with Crippen LogP contribution in [0.5, 0.6) is 0 Å². The van der Waals surface area contributed by atoms with Crippen molar-refractivity contribution >= 4 is 6.09 Å². The van der Waals surface area contributed by atoms with Crippen LogP contribution >= 0.6 is 0 Å². The smallest absolute Gasteiger partial charge is 0.405 e. The Bertz CT molecular complexity index is 411. The molecule has 2 aliphatic rings. The highest BCUT2D eigenvalue weighted by Crippen LogP contribution is 2.37. The number of rotatable bonds is 8. The van der Waals surface area contributed by atoms with E-state index >= 15 is 0 Å². The molecular formula is C21H40N2O2. The van der Waals surface area contributed by atoms with Crippen LogP contribution in [0.1, 0.15) is 85.0 Å². The Hall–Kier alpha value is -0.770. The second-order valence-corrected chi connectivity index (χ2v) is 9.10. The minimum atomic E-state index is -0.646. The summed E-state index contributed by atoms with van der Waals surface area (Å²) in [5, 5.41) is 0. The quantitative estimate of drug-likeness (QED) is 0.672. The molecule has 0 aromatic rings. The van der Waals surface area contributed by atoms with Crippen molar-refractivity contribution in [2.24, 2.45) is 23.5 Å². The van der Waals surface area contributed by atoms with Crippen molar-refractivity contribution in [1.82, 2.24) is 4.90 Å². The van der Waals surface area contributed by atoms with E-state index in [1.807, 2.05) is 13.8 Å². The predicted octanol–water partition coefficient (Wildman–Crippen LogP) is 4.96. The van der Waals surface area contributed by atoms with Crippen LogP contribution in [0, 0.1) is 17.8 Å². The number of ether oxygens (including phenoxy) is 1. The molecule has 2 rings (SSSR count). The van der Waals surface area contributed by atoms with Crippen molar-refractivity contribution in [2.75, 3.05) is 19.6 Å². The lowest BCUT2D eigenvalue weighted by atomic mass is 9.74. The van der Waals surface area contributed by atoms with Crippen molar-refractivity contribution in [3.8, 4) is 0 Å². The van der Waals surface area contributed by atoms with Crippen molar-refractivity contribution in [2.45, 2.75) is 90.6 Å². The Morgan fingerprint density at radius 1 is 1.16 bits per heavy atom. The maximum Gasteiger partial charge on any atom is 0.405 e. The van der Waals surface area contributed by atoms with Gasteiger partial charge in [-0.15, -0.1) is 0 Å². The van der Waals surface area contributed by atoms with Gasteiger partial charge in [0.2, 0.25) is 0 Å². The molecule has 146 valence electrons. The Kier molecular flexibility index (Phi) is 8.05. The molecule has 4 nitrogen and oxygen atoms in total. The van der Waals surface area contributed by atoms with Crippen LogP contribution < -0.4 is 5.73 Å². The summed E-state index contributed by atoms with van der Waals surface area (Å²) < 4.78 is 5.37. The van der Waals surface area contributed by atoms with Crippen molar-refractivity contribution in [1.29, 1.82) is 0 Å². The van der Waals surface area contributed by atoms with Crippen LogP contribution in [-0.4, -0.2) is 36.2 Å². The summed E-state index contributed by atoms with van der Waals surface area (Å²) in [6.07, 6.45) is 12.4. The summed E-state index contributed by atoms with van der Waals surface area (Å²) in [5.74, 6) is 2.30. The van der Waals surface area contributed by atoms with E-state index < -0.39 is 11.7 Å². The van der Waals surface area contributed by atoms with Crippen molar-refractivity contribution < 1.29 is 9.53 Å². The first-order chi connectivity index (χ1) is 11.9. The van der Waals surface area contributed by atoms with Gasteiger partial charge in [-0.25, -0.2) is 4.79 Å². The fraction of sp³-hybridized carbons (Fsp3) is 0.952. The minimum absolute atomic E-state index is 0.447. The number of hydrogen-bond donors (Lipinski definition) is 1. The normalized spacial score (nSPS) is 28.7. The van der Waals surface area contributed by atoms with Gasteiger partial charge >= 0.3 is 6.09 Å². The number of carbonyl (C=O) groups excluding carboxylic acids is 1. The molecule has 2 fully saturated rings. The zero-order chi connectivity index (χ0) is 18.3. The van der Waals surface area contributed by atoms with Crippen LogP contribution in [0.2, 0.25) is 0 Å². The number of piperidine rings is 1. The number of primary amides is 1. The number of nitrogens with two attached hydrogens (primary N) is 1. The first-order valence-corrected chi connectivity index (χ1v) is 10.6. The maximum absolute atomic E-state index is 11.2. The Morgan fingerprint density at radius 2 is 1.88 bits per heavy atom. The standard InChI is InChI=1S/C21H40N2O2/c1-4-5-9-17-10-8-13-23(15-17)16-19-12-7-6-11-18(19)14-21(2,3)25-20(22)24/h17-19H,4-16H2,1-3H3,(H2,22,24)/t17?,18-,19+/m0/s1. The molecule has 4 heteroatoms. The predicted molar refractivity (Wildman–Crippen MR) is 104 cm³/mol. The highest BCUT2D eigenvalue weighted by atomic mass is 16.6. The molecule has 0 spiro atoms. The molecule has 1 amide bonds. The van der Waals surface area contributed by atoms with Crippen LogP contribution in [0.15, 0.2) is 0 Å². The average molecular weight is 353 g/mol. The topological polar surface area (TPSA) is 55.6 Å². The molecule has 1 saturated carbocycles. The number of nitrogens with zero attached hydrogens (tertiary/aromatic N) is 1. The monoisotopic (exact) mass is 352 g/mol. The fourth-order valence-corrected chi connectivity index (χ4v) is 5.12. The molecular weight excluding hydrogens is 312 g/mol. The molecule has 1 aliphatic carbocycles. The molecule has 0 radical (unpaired) electrons. The van der Waals surface area contributed by atoms with Gasteiger partial charge in [-0.05, 0) is 76.7 Å². The van der Waals surface area contributed by atoms with Gasteiger partial charge in [-0.1, -0.05) is 32.6 Å². The third-order valence-corrected chi connectivity index (χ3v) is 6.26. The largest absolute Gasteiger partial charge is 0.444 e. The molecule has 0 aromatic heterocycles. The van der Waals surface area contributed by atoms with Gasteiger partial charge in [0.15, 0.2) is 0 Å². The minimum Gasteiger partial charge on any atom is -0.444 e. The molecule has 0 aromatic carbocycles. The Balaban J connectivity index is 1.88. The number of amides is 1. The van der Waals surface area contributed by atoms with Crippen LogP contribution in [0.3, 0.4) is 0 Å². The maximum atomic E-state index is 11.2. The van der Waals surface area contributed by atoms with E-state index in [1.165, 1.54) is 77.4 Å². The van der Waals surface area contributed by atoms with Crippen LogP contribution in [0.25, 0.3) is 0 Å². The molecule has 3 atom stereocenters. The van der Waals surface area contributed by atoms with E-state index in [0.29, 0.717) is 5.92 Å². The van der Waals surface area contributed by atoms with Gasteiger partial charge in [0, 0.05) is 13.1 Å². The second kappa shape index (κ2) is 9.80. The van der Waals surface area contributed by atoms with E-state index in [1.54, 1.807) is 0 Å². The molecule has 2 N–H and O–H groups in total. The third kappa shape index (κ3) is 7.16. The lowest BCUT2D eigenvalue weighted by Gasteiger charge is -2.41. The van der Waals surface area contributed by atoms with Crippen molar-refractivity contribution in [3.63, 3.8) is 0 Å². The molecule has 1 saturated heterocycles. The summed E-state index contributed by atoms with van der Waals surface area (Å²) >= 11 is 0. The highest BCUT2D eigenvalue weighted by Gasteiger charge is 2.34. The number of unbranched alkanes of at least 4 members (excludes halogenated alkanes) is 1. The Morgan fingerprint density at radius 3 is 2.56 bits per heavy atom. The molecule has 25 heavy (non-hydrogen) atoms. The van der Waals surface area contributed by atoms with Gasteiger partial charge in [0.1, 0.15) is 5.60 Å². The summed E-state index contributed by atoms with van der Waals surface area (Å²) in [6, 6.07) is 0. The van der Waals surface area contributed by atoms with E-state index in [2.05, 4.69) is 11.8 Å². The van der Waals surface area contributed by atoms with Gasteiger partial charge in [-0.2, -0.15) is 0 Å². The Labute approximate surface area is 154 Å². The van der Waals surface area contributed by atoms with E-state index in [9.17, 15) is 4.79 Å². The summed E-state index contributed by atoms with van der Waals surface area (Å²) in [7, 11) is 0. The zero-order valence-corrected chi connectivity index (χ0v) is 16.8. The third-order valence-electron chi connectivity index (χ3n) is 6.26. The first kappa shape index (κ1) is 20.5. The highest BCUT2D eigenvalue weighted by molar-refractivity contribution is 5.65. The average Bonchev–Trinajstić information content (AvgIpc) is 2.53. The fourth-order valence-electron chi connectivity index (χ4n) is 5.12. The number of likely N-dealkylation sites (tertiary alicyclic amines) is 1. The zero-order valence-electron chi connectivity index (χ0n) is 16.8. The molecule has 1 heterocycles. The molecule has 0 bridgehead atoms. The van der Waals surface area contributed by atoms with Gasteiger partial charge in [-0.3, -0.25) is 0 Å². The summed E-state index contributed by atoms with van der Waals surface area (Å²) in [4.78, 5) is 13.9. The second-order valence-electron chi connectivity index (χ2n) is 9.10. The van der Waals surface area contributed by atoms with E-state index in [-0.39, 0.29) is 0 Å². The lowest BCUT2D eigenvalue weighted by molar-refractivity contribution is 0.00570. The van der Waals surface area contributed by atoms with E-state index in [4.69, 9.17) is 10.5 Å². The first-order valence-electron chi connectivity index (χ1n) is 10.6. The summed E-state index contributed by atoms with van der Waals surface area (Å²) in [5.41, 5.74) is 4.81. The van der Waals surface area contributed by atoms with Gasteiger partial charge in [0.05, 0.1) is 0 Å². The molecule has 1 aliphatic heterocycles. The lowest BCUT2D eigenvalue weighted by Crippen LogP contribution is -2.42. The van der Waals surface area contributed by atoms with Crippen molar-refractivity contribution in [3.05, 3.63) is 0 Å². The summed E-state index contributed by atoms with van der Waals surface area (Å²) in [6.45, 7) is 10.1. The molecule has 1 unspecified atom stereocenters. The number of hydrogen-bond acceptors (Lipinski definition) is 3. The van der Waals surface area contributed by atoms with Gasteiger partial charge < -0.3 is 15.4 Å². The van der Waals surface area contributed by atoms with Crippen LogP contribution in [0.4, 0.5) is 4.79 Å². The van der Waals surface area contributed by atoms with Crippen LogP contribution in [-0.2, 0) is 4.74 Å². The number of carbonyl (C=O) groups is 1.